The number of nitrogens with zero attached hydrogens (tertiary/aromatic N) is 1. The summed E-state index contributed by atoms with van der Waals surface area (Å²) in [7, 11) is 0. The summed E-state index contributed by atoms with van der Waals surface area (Å²) in [6.07, 6.45) is 5.90. The van der Waals surface area contributed by atoms with Crippen molar-refractivity contribution in [1.29, 1.82) is 0 Å². The van der Waals surface area contributed by atoms with Crippen LogP contribution in [0, 0.1) is 0 Å². The Labute approximate surface area is 73.3 Å². The summed E-state index contributed by atoms with van der Waals surface area (Å²) >= 11 is 1.67. The van der Waals surface area contributed by atoms with Crippen LogP contribution in [0.4, 0.5) is 0 Å². The molecule has 62 valence electrons. The lowest BCUT2D eigenvalue weighted by Gasteiger charge is -1.93. The predicted molar refractivity (Wildman–Crippen MR) is 55.2 cm³/mol. The fourth-order valence-electron chi connectivity index (χ4n) is 0.667. The third kappa shape index (κ3) is 5.92. The fraction of sp³-hybridized carbons (Fsp3) is 0.444. The van der Waals surface area contributed by atoms with E-state index in [1.54, 1.807) is 11.8 Å². The van der Waals surface area contributed by atoms with Gasteiger partial charge in [-0.3, -0.25) is 4.99 Å². The molecule has 0 aliphatic rings. The van der Waals surface area contributed by atoms with Crippen molar-refractivity contribution in [3.8, 4) is 0 Å². The van der Waals surface area contributed by atoms with Crippen LogP contribution >= 0.6 is 11.8 Å². The Morgan fingerprint density at radius 3 is 2.36 bits per heavy atom. The van der Waals surface area contributed by atoms with Crippen LogP contribution in [-0.4, -0.2) is 12.5 Å². The van der Waals surface area contributed by atoms with Crippen LogP contribution in [0.5, 0.6) is 0 Å². The summed E-state index contributed by atoms with van der Waals surface area (Å²) in [6, 6.07) is 0. The highest BCUT2D eigenvalue weighted by Gasteiger charge is 1.85. The Bertz CT molecular complexity index is 186. The molecule has 0 aliphatic carbocycles. The topological polar surface area (TPSA) is 12.4 Å². The quantitative estimate of drug-likeness (QED) is 0.466. The molecule has 0 heterocycles. The van der Waals surface area contributed by atoms with Crippen LogP contribution < -0.4 is 0 Å². The minimum absolute atomic E-state index is 1.03. The average Bonchev–Trinajstić information content (AvgIpc) is 1.87. The molecule has 0 radical (unpaired) electrons. The van der Waals surface area contributed by atoms with E-state index in [1.165, 1.54) is 5.57 Å². The molecule has 11 heavy (non-hydrogen) atoms. The largest absolute Gasteiger partial charge is 0.261 e. The molecule has 0 aromatic carbocycles. The van der Waals surface area contributed by atoms with Gasteiger partial charge in [0.15, 0.2) is 0 Å². The van der Waals surface area contributed by atoms with Gasteiger partial charge in [0, 0.05) is 6.21 Å². The maximum Gasteiger partial charge on any atom is 0.0687 e. The van der Waals surface area contributed by atoms with Gasteiger partial charge >= 0.3 is 0 Å². The smallest absolute Gasteiger partial charge is 0.0687 e. The molecule has 0 N–H and O–H groups in total. The van der Waals surface area contributed by atoms with Gasteiger partial charge in [-0.2, -0.15) is 0 Å². The first-order valence-electron chi connectivity index (χ1n) is 3.57. The van der Waals surface area contributed by atoms with Gasteiger partial charge in [0.1, 0.15) is 0 Å². The first-order valence-corrected chi connectivity index (χ1v) is 4.86. The minimum Gasteiger partial charge on any atom is -0.261 e. The van der Waals surface area contributed by atoms with E-state index in [2.05, 4.69) is 24.9 Å². The van der Waals surface area contributed by atoms with Crippen LogP contribution in [0.2, 0.25) is 0 Å². The molecule has 0 aromatic heterocycles. The van der Waals surface area contributed by atoms with E-state index >= 15 is 0 Å². The Morgan fingerprint density at radius 2 is 2.00 bits per heavy atom. The molecule has 0 amide bonds. The van der Waals surface area contributed by atoms with E-state index in [1.807, 2.05) is 24.8 Å². The van der Waals surface area contributed by atoms with Crippen LogP contribution in [0.3, 0.4) is 0 Å². The monoisotopic (exact) mass is 169 g/mol. The highest BCUT2D eigenvalue weighted by atomic mass is 32.2. The van der Waals surface area contributed by atoms with Gasteiger partial charge in [-0.15, -0.1) is 11.8 Å². The second-order valence-electron chi connectivity index (χ2n) is 2.39. The summed E-state index contributed by atoms with van der Waals surface area (Å²) in [5.41, 5.74) is 2.30. The third-order valence-electron chi connectivity index (χ3n) is 0.953. The fourth-order valence-corrected chi connectivity index (χ4v) is 1.04. The Hall–Kier alpha value is -0.500. The van der Waals surface area contributed by atoms with Crippen molar-refractivity contribution in [3.05, 3.63) is 22.8 Å². The van der Waals surface area contributed by atoms with E-state index in [4.69, 9.17) is 0 Å². The van der Waals surface area contributed by atoms with Gasteiger partial charge in [0.25, 0.3) is 0 Å². The van der Waals surface area contributed by atoms with Gasteiger partial charge in [-0.25, -0.2) is 0 Å². The lowest BCUT2D eigenvalue weighted by Crippen LogP contribution is -1.73. The summed E-state index contributed by atoms with van der Waals surface area (Å²) in [5, 5.41) is 2.03. The van der Waals surface area contributed by atoms with E-state index in [9.17, 15) is 0 Å². The Kier molecular flexibility index (Phi) is 5.94. The molecule has 2 heteroatoms. The van der Waals surface area contributed by atoms with E-state index in [0.717, 1.165) is 5.70 Å². The standard InChI is InChI=1S/C9H15NS/c1-5-10-9(7-11-4)6-8(2)3/h5-7H,1-4H3/b9-7-,10-5?. The highest BCUT2D eigenvalue weighted by Crippen LogP contribution is 2.08. The van der Waals surface area contributed by atoms with Crippen LogP contribution in [-0.2, 0) is 0 Å². The van der Waals surface area contributed by atoms with Crippen molar-refractivity contribution in [3.63, 3.8) is 0 Å². The second kappa shape index (κ2) is 6.23. The minimum atomic E-state index is 1.03. The maximum absolute atomic E-state index is 4.19. The molecule has 1 nitrogen and oxygen atoms in total. The highest BCUT2D eigenvalue weighted by molar-refractivity contribution is 8.01. The molecule has 0 aliphatic heterocycles. The van der Waals surface area contributed by atoms with Crippen molar-refractivity contribution in [2.45, 2.75) is 20.8 Å². The third-order valence-corrected chi connectivity index (χ3v) is 1.43. The molecular weight excluding hydrogens is 154 g/mol. The number of hydrogen-bond donors (Lipinski definition) is 0. The van der Waals surface area contributed by atoms with Gasteiger partial charge in [-0.1, -0.05) is 5.57 Å². The first kappa shape index (κ1) is 10.5. The van der Waals surface area contributed by atoms with Crippen LogP contribution in [0.15, 0.2) is 27.7 Å². The van der Waals surface area contributed by atoms with Gasteiger partial charge in [0.05, 0.1) is 5.70 Å². The lowest BCUT2D eigenvalue weighted by molar-refractivity contribution is 1.33. The van der Waals surface area contributed by atoms with Gasteiger partial charge in [0.2, 0.25) is 0 Å². The molecule has 0 aromatic rings. The van der Waals surface area contributed by atoms with Crippen LogP contribution in [0.1, 0.15) is 20.8 Å². The zero-order valence-electron chi connectivity index (χ0n) is 7.59. The van der Waals surface area contributed by atoms with Gasteiger partial charge < -0.3 is 0 Å². The molecule has 0 atom stereocenters. The average molecular weight is 169 g/mol. The van der Waals surface area contributed by atoms with Crippen molar-refractivity contribution < 1.29 is 0 Å². The zero-order chi connectivity index (χ0) is 8.69. The lowest BCUT2D eigenvalue weighted by atomic mass is 10.3. The van der Waals surface area contributed by atoms with Crippen LogP contribution in [0.25, 0.3) is 0 Å². The normalized spacial score (nSPS) is 12.2. The summed E-state index contributed by atoms with van der Waals surface area (Å²) in [4.78, 5) is 4.19. The van der Waals surface area contributed by atoms with E-state index < -0.39 is 0 Å². The van der Waals surface area contributed by atoms with Crippen molar-refractivity contribution in [2.75, 3.05) is 6.26 Å². The summed E-state index contributed by atoms with van der Waals surface area (Å²) in [5.74, 6) is 0. The summed E-state index contributed by atoms with van der Waals surface area (Å²) in [6.45, 7) is 6.06. The molecule has 0 saturated carbocycles. The number of thioether (sulfide) groups is 1. The van der Waals surface area contributed by atoms with E-state index in [0.29, 0.717) is 0 Å². The van der Waals surface area contributed by atoms with Crippen molar-refractivity contribution >= 4 is 18.0 Å². The Balaban J connectivity index is 4.36. The SMILES string of the molecule is CC=N/C(C=C(C)C)=C\SC. The first-order chi connectivity index (χ1) is 5.20. The van der Waals surface area contributed by atoms with Crippen molar-refractivity contribution in [1.82, 2.24) is 0 Å². The number of hydrogen-bond acceptors (Lipinski definition) is 2. The molecule has 0 fully saturated rings. The van der Waals surface area contributed by atoms with Gasteiger partial charge in [-0.05, 0) is 38.5 Å². The summed E-state index contributed by atoms with van der Waals surface area (Å²) < 4.78 is 0. The molecule has 0 unspecified atom stereocenters. The zero-order valence-corrected chi connectivity index (χ0v) is 8.40. The number of rotatable bonds is 3. The molecule has 0 spiro atoms. The molecule has 0 rings (SSSR count). The Morgan fingerprint density at radius 1 is 1.36 bits per heavy atom. The number of allylic oxidation sites excluding steroid dienone is 2. The predicted octanol–water partition coefficient (Wildman–Crippen LogP) is 3.25. The van der Waals surface area contributed by atoms with Crippen molar-refractivity contribution in [2.24, 2.45) is 4.99 Å². The van der Waals surface area contributed by atoms with E-state index in [-0.39, 0.29) is 0 Å². The molecule has 0 saturated heterocycles. The second-order valence-corrected chi connectivity index (χ2v) is 3.09. The molecular formula is C9H15NS. The molecule has 0 bridgehead atoms. The number of aliphatic imine (C=N–C) groups is 1. The maximum atomic E-state index is 4.19.